The Balaban J connectivity index is 1.86. The summed E-state index contributed by atoms with van der Waals surface area (Å²) in [6, 6.07) is 21.0. The van der Waals surface area contributed by atoms with Crippen LogP contribution in [0.4, 0.5) is 5.69 Å². The zero-order valence-corrected chi connectivity index (χ0v) is 15.1. The second-order valence-corrected chi connectivity index (χ2v) is 5.86. The molecule has 5 heteroatoms. The van der Waals surface area contributed by atoms with Gasteiger partial charge in [-0.1, -0.05) is 18.2 Å². The third-order valence-electron chi connectivity index (χ3n) is 3.95. The number of carbonyl (C=O) groups is 2. The fourth-order valence-corrected chi connectivity index (χ4v) is 2.56. The Kier molecular flexibility index (Phi) is 5.52. The minimum absolute atomic E-state index is 0.147. The van der Waals surface area contributed by atoms with Gasteiger partial charge in [0.15, 0.2) is 5.78 Å². The average Bonchev–Trinajstić information content (AvgIpc) is 2.69. The van der Waals surface area contributed by atoms with E-state index in [0.717, 1.165) is 0 Å². The first-order chi connectivity index (χ1) is 13.1. The SMILES string of the molecule is COc1ccc(C(=O)Nc2cc(Oc3ccccc3)ccc2C(C)=O)cc1. The molecule has 0 saturated carbocycles. The van der Waals surface area contributed by atoms with Crippen LogP contribution in [-0.2, 0) is 0 Å². The van der Waals surface area contributed by atoms with Gasteiger partial charge in [0, 0.05) is 17.2 Å². The van der Waals surface area contributed by atoms with Crippen molar-refractivity contribution in [2.45, 2.75) is 6.92 Å². The zero-order chi connectivity index (χ0) is 19.2. The van der Waals surface area contributed by atoms with E-state index in [1.165, 1.54) is 6.92 Å². The molecule has 0 unspecified atom stereocenters. The van der Waals surface area contributed by atoms with E-state index >= 15 is 0 Å². The molecule has 3 aromatic rings. The molecule has 0 aliphatic carbocycles. The Hall–Kier alpha value is -3.60. The highest BCUT2D eigenvalue weighted by atomic mass is 16.5. The smallest absolute Gasteiger partial charge is 0.255 e. The molecule has 0 radical (unpaired) electrons. The number of carbonyl (C=O) groups excluding carboxylic acids is 2. The number of hydrogen-bond acceptors (Lipinski definition) is 4. The van der Waals surface area contributed by atoms with Gasteiger partial charge in [0.05, 0.1) is 12.8 Å². The number of rotatable bonds is 6. The third-order valence-corrected chi connectivity index (χ3v) is 3.95. The van der Waals surface area contributed by atoms with Crippen molar-refractivity contribution in [1.82, 2.24) is 0 Å². The fourth-order valence-electron chi connectivity index (χ4n) is 2.56. The predicted molar refractivity (Wildman–Crippen MR) is 104 cm³/mol. The maximum atomic E-state index is 12.6. The summed E-state index contributed by atoms with van der Waals surface area (Å²) in [6.45, 7) is 1.45. The van der Waals surface area contributed by atoms with E-state index in [4.69, 9.17) is 9.47 Å². The number of anilines is 1. The molecule has 0 spiro atoms. The Morgan fingerprint density at radius 2 is 1.48 bits per heavy atom. The molecule has 0 heterocycles. The van der Waals surface area contributed by atoms with Gasteiger partial charge >= 0.3 is 0 Å². The molecule has 136 valence electrons. The molecule has 0 saturated heterocycles. The van der Waals surface area contributed by atoms with Crippen LogP contribution in [0.1, 0.15) is 27.6 Å². The number of Topliss-reactive ketones (excluding diaryl/α,β-unsaturated/α-hetero) is 1. The van der Waals surface area contributed by atoms with Crippen LogP contribution in [0.5, 0.6) is 17.2 Å². The van der Waals surface area contributed by atoms with Crippen molar-refractivity contribution in [3.05, 3.63) is 83.9 Å². The highest BCUT2D eigenvalue weighted by Gasteiger charge is 2.13. The number of nitrogens with one attached hydrogen (secondary N) is 1. The van der Waals surface area contributed by atoms with E-state index < -0.39 is 0 Å². The third kappa shape index (κ3) is 4.52. The molecule has 3 aromatic carbocycles. The van der Waals surface area contributed by atoms with E-state index in [0.29, 0.717) is 34.1 Å². The van der Waals surface area contributed by atoms with Crippen molar-refractivity contribution in [3.8, 4) is 17.2 Å². The molecule has 5 nitrogen and oxygen atoms in total. The lowest BCUT2D eigenvalue weighted by molar-refractivity contribution is 0.101. The fraction of sp³-hybridized carbons (Fsp3) is 0.0909. The number of amides is 1. The summed E-state index contributed by atoms with van der Waals surface area (Å²) >= 11 is 0. The van der Waals surface area contributed by atoms with Crippen LogP contribution in [0.15, 0.2) is 72.8 Å². The van der Waals surface area contributed by atoms with Crippen LogP contribution in [0.3, 0.4) is 0 Å². The molecule has 0 aliphatic heterocycles. The van der Waals surface area contributed by atoms with Crippen LogP contribution in [0.2, 0.25) is 0 Å². The van der Waals surface area contributed by atoms with Crippen molar-refractivity contribution >= 4 is 17.4 Å². The number of benzene rings is 3. The second kappa shape index (κ2) is 8.19. The van der Waals surface area contributed by atoms with Crippen molar-refractivity contribution in [2.75, 3.05) is 12.4 Å². The van der Waals surface area contributed by atoms with Crippen LogP contribution in [-0.4, -0.2) is 18.8 Å². The van der Waals surface area contributed by atoms with Gasteiger partial charge in [0.25, 0.3) is 5.91 Å². The quantitative estimate of drug-likeness (QED) is 0.632. The monoisotopic (exact) mass is 361 g/mol. The molecule has 0 aliphatic rings. The Morgan fingerprint density at radius 1 is 0.815 bits per heavy atom. The van der Waals surface area contributed by atoms with Crippen molar-refractivity contribution in [2.24, 2.45) is 0 Å². The van der Waals surface area contributed by atoms with Gasteiger partial charge in [-0.15, -0.1) is 0 Å². The first-order valence-corrected chi connectivity index (χ1v) is 8.40. The molecule has 0 atom stereocenters. The van der Waals surface area contributed by atoms with Gasteiger partial charge in [0.1, 0.15) is 17.2 Å². The first-order valence-electron chi connectivity index (χ1n) is 8.40. The van der Waals surface area contributed by atoms with E-state index in [1.54, 1.807) is 49.6 Å². The molecule has 0 aromatic heterocycles. The van der Waals surface area contributed by atoms with Gasteiger partial charge in [-0.3, -0.25) is 9.59 Å². The summed E-state index contributed by atoms with van der Waals surface area (Å²) in [6.07, 6.45) is 0. The lowest BCUT2D eigenvalue weighted by atomic mass is 10.1. The Labute approximate surface area is 157 Å². The van der Waals surface area contributed by atoms with Gasteiger partial charge in [-0.2, -0.15) is 0 Å². The summed E-state index contributed by atoms with van der Waals surface area (Å²) in [7, 11) is 1.56. The Morgan fingerprint density at radius 3 is 2.11 bits per heavy atom. The van der Waals surface area contributed by atoms with E-state index in [1.807, 2.05) is 30.3 Å². The summed E-state index contributed by atoms with van der Waals surface area (Å²) < 4.78 is 10.9. The number of methoxy groups -OCH3 is 1. The zero-order valence-electron chi connectivity index (χ0n) is 15.1. The molecule has 0 fully saturated rings. The summed E-state index contributed by atoms with van der Waals surface area (Å²) in [5.74, 6) is 1.38. The highest BCUT2D eigenvalue weighted by Crippen LogP contribution is 2.28. The van der Waals surface area contributed by atoms with E-state index in [2.05, 4.69) is 5.32 Å². The van der Waals surface area contributed by atoms with Gasteiger partial charge in [0.2, 0.25) is 0 Å². The molecular weight excluding hydrogens is 342 g/mol. The van der Waals surface area contributed by atoms with E-state index in [-0.39, 0.29) is 11.7 Å². The lowest BCUT2D eigenvalue weighted by Gasteiger charge is -2.12. The summed E-state index contributed by atoms with van der Waals surface area (Å²) in [5, 5.41) is 2.79. The number of para-hydroxylation sites is 1. The second-order valence-electron chi connectivity index (χ2n) is 5.86. The van der Waals surface area contributed by atoms with Crippen LogP contribution in [0, 0.1) is 0 Å². The average molecular weight is 361 g/mol. The minimum Gasteiger partial charge on any atom is -0.497 e. The summed E-state index contributed by atoms with van der Waals surface area (Å²) in [5.41, 5.74) is 1.27. The number of ketones is 1. The van der Waals surface area contributed by atoms with E-state index in [9.17, 15) is 9.59 Å². The number of ether oxygens (including phenoxy) is 2. The van der Waals surface area contributed by atoms with Gasteiger partial charge < -0.3 is 14.8 Å². The largest absolute Gasteiger partial charge is 0.497 e. The van der Waals surface area contributed by atoms with Crippen LogP contribution < -0.4 is 14.8 Å². The predicted octanol–water partition coefficient (Wildman–Crippen LogP) is 4.94. The topological polar surface area (TPSA) is 64.6 Å². The van der Waals surface area contributed by atoms with Gasteiger partial charge in [-0.05, 0) is 55.5 Å². The molecule has 0 bridgehead atoms. The summed E-state index contributed by atoms with van der Waals surface area (Å²) in [4.78, 5) is 24.5. The minimum atomic E-state index is -0.322. The van der Waals surface area contributed by atoms with Crippen LogP contribution in [0.25, 0.3) is 0 Å². The normalized spacial score (nSPS) is 10.1. The molecule has 3 rings (SSSR count). The lowest BCUT2D eigenvalue weighted by Crippen LogP contribution is -2.14. The van der Waals surface area contributed by atoms with Crippen molar-refractivity contribution in [1.29, 1.82) is 0 Å². The van der Waals surface area contributed by atoms with Gasteiger partial charge in [-0.25, -0.2) is 0 Å². The number of hydrogen-bond donors (Lipinski definition) is 1. The molecule has 27 heavy (non-hydrogen) atoms. The molecule has 1 N–H and O–H groups in total. The molecule has 1 amide bonds. The van der Waals surface area contributed by atoms with Crippen LogP contribution >= 0.6 is 0 Å². The maximum absolute atomic E-state index is 12.6. The first kappa shape index (κ1) is 18.2. The Bertz CT molecular complexity index is 950. The highest BCUT2D eigenvalue weighted by molar-refractivity contribution is 6.09. The standard InChI is InChI=1S/C22H19NO4/c1-15(24)20-13-12-19(27-18-6-4-3-5-7-18)14-21(20)23-22(25)16-8-10-17(26-2)11-9-16/h3-14H,1-2H3,(H,23,25). The maximum Gasteiger partial charge on any atom is 0.255 e. The molecular formula is C22H19NO4. The van der Waals surface area contributed by atoms with Crippen molar-refractivity contribution < 1.29 is 19.1 Å². The van der Waals surface area contributed by atoms with Crippen molar-refractivity contribution in [3.63, 3.8) is 0 Å².